The number of nitrogens with one attached hydrogen (secondary N) is 2. The van der Waals surface area contributed by atoms with Crippen molar-refractivity contribution in [1.82, 2.24) is 5.32 Å². The molecule has 0 radical (unpaired) electrons. The van der Waals surface area contributed by atoms with Crippen molar-refractivity contribution in [2.75, 3.05) is 5.32 Å². The number of anilines is 1. The molecule has 2 amide bonds. The monoisotopic (exact) mass is 312 g/mol. The van der Waals surface area contributed by atoms with Crippen LogP contribution < -0.4 is 10.6 Å². The normalized spacial score (nSPS) is 12.0. The summed E-state index contributed by atoms with van der Waals surface area (Å²) in [4.78, 5) is 35.7. The Morgan fingerprint density at radius 3 is 2.43 bits per heavy atom. The Kier molecular flexibility index (Phi) is 5.90. The molecule has 21 heavy (non-hydrogen) atoms. The number of hydrogen-bond donors (Lipinski definition) is 3. The summed E-state index contributed by atoms with van der Waals surface area (Å²) in [6.07, 6.45) is 0.307. The van der Waals surface area contributed by atoms with Crippen molar-refractivity contribution in [3.05, 3.63) is 16.5 Å². The third kappa shape index (κ3) is 4.56. The lowest BCUT2D eigenvalue weighted by molar-refractivity contribution is -0.140. The highest BCUT2D eigenvalue weighted by atomic mass is 32.1. The van der Waals surface area contributed by atoms with Crippen molar-refractivity contribution >= 4 is 34.1 Å². The van der Waals surface area contributed by atoms with Crippen molar-refractivity contribution in [1.29, 1.82) is 0 Å². The molecule has 1 aromatic heterocycles. The van der Waals surface area contributed by atoms with Gasteiger partial charge in [0.05, 0.1) is 5.56 Å². The zero-order valence-electron chi connectivity index (χ0n) is 12.5. The van der Waals surface area contributed by atoms with Crippen LogP contribution in [-0.4, -0.2) is 28.9 Å². The molecule has 1 rings (SSSR count). The van der Waals surface area contributed by atoms with Crippen LogP contribution in [-0.2, 0) is 9.59 Å². The van der Waals surface area contributed by atoms with E-state index >= 15 is 0 Å². The summed E-state index contributed by atoms with van der Waals surface area (Å²) in [6.45, 7) is 6.98. The average molecular weight is 312 g/mol. The Labute approximate surface area is 127 Å². The minimum absolute atomic E-state index is 0.190. The van der Waals surface area contributed by atoms with Crippen LogP contribution in [0.3, 0.4) is 0 Å². The number of hydrogen-bond acceptors (Lipinski definition) is 4. The van der Waals surface area contributed by atoms with Gasteiger partial charge in [-0.05, 0) is 18.9 Å². The quantitative estimate of drug-likeness (QED) is 0.750. The van der Waals surface area contributed by atoms with Gasteiger partial charge in [-0.2, -0.15) is 0 Å². The fourth-order valence-corrected chi connectivity index (χ4v) is 2.65. The standard InChI is InChI=1S/C14H20N2O4S/c1-5-10(17)15-13-9(6-8(4)21-13)12(18)16-11(7(2)3)14(19)20/h6-7,11H,5H2,1-4H3,(H,15,17)(H,16,18)(H,19,20). The molecular weight excluding hydrogens is 292 g/mol. The van der Waals surface area contributed by atoms with Gasteiger partial charge < -0.3 is 15.7 Å². The Morgan fingerprint density at radius 2 is 1.95 bits per heavy atom. The molecule has 1 aromatic rings. The van der Waals surface area contributed by atoms with Gasteiger partial charge in [0.15, 0.2) is 0 Å². The van der Waals surface area contributed by atoms with Crippen LogP contribution in [0.4, 0.5) is 5.00 Å². The molecule has 0 saturated heterocycles. The number of carboxylic acids is 1. The maximum Gasteiger partial charge on any atom is 0.326 e. The second kappa shape index (κ2) is 7.21. The summed E-state index contributed by atoms with van der Waals surface area (Å²) in [6, 6.07) is 0.678. The van der Waals surface area contributed by atoms with Crippen molar-refractivity contribution in [2.24, 2.45) is 5.92 Å². The largest absolute Gasteiger partial charge is 0.480 e. The highest BCUT2D eigenvalue weighted by Crippen LogP contribution is 2.28. The van der Waals surface area contributed by atoms with Gasteiger partial charge in [0.2, 0.25) is 5.91 Å². The first-order chi connectivity index (χ1) is 9.76. The molecule has 1 unspecified atom stereocenters. The van der Waals surface area contributed by atoms with Gasteiger partial charge in [0.1, 0.15) is 11.0 Å². The highest BCUT2D eigenvalue weighted by molar-refractivity contribution is 7.16. The number of carboxylic acid groups (broad SMARTS) is 1. The molecule has 3 N–H and O–H groups in total. The fourth-order valence-electron chi connectivity index (χ4n) is 1.72. The minimum Gasteiger partial charge on any atom is -0.480 e. The molecule has 0 aliphatic carbocycles. The topological polar surface area (TPSA) is 95.5 Å². The predicted molar refractivity (Wildman–Crippen MR) is 81.7 cm³/mol. The molecule has 6 nitrogen and oxygen atoms in total. The Bertz CT molecular complexity index is 551. The number of amides is 2. The molecular formula is C14H20N2O4S. The third-order valence-electron chi connectivity index (χ3n) is 2.89. The van der Waals surface area contributed by atoms with E-state index in [-0.39, 0.29) is 11.8 Å². The second-order valence-electron chi connectivity index (χ2n) is 5.03. The van der Waals surface area contributed by atoms with Gasteiger partial charge >= 0.3 is 5.97 Å². The van der Waals surface area contributed by atoms with Crippen LogP contribution in [0.1, 0.15) is 42.4 Å². The predicted octanol–water partition coefficient (Wildman–Crippen LogP) is 2.24. The highest BCUT2D eigenvalue weighted by Gasteiger charge is 2.26. The van der Waals surface area contributed by atoms with E-state index in [4.69, 9.17) is 5.11 Å². The zero-order valence-corrected chi connectivity index (χ0v) is 13.3. The SMILES string of the molecule is CCC(=O)Nc1sc(C)cc1C(=O)NC(C(=O)O)C(C)C. The molecule has 0 aliphatic rings. The van der Waals surface area contributed by atoms with Gasteiger partial charge in [-0.25, -0.2) is 4.79 Å². The molecule has 7 heteroatoms. The third-order valence-corrected chi connectivity index (χ3v) is 3.86. The van der Waals surface area contributed by atoms with Crippen molar-refractivity contribution in [3.8, 4) is 0 Å². The number of carbonyl (C=O) groups is 3. The molecule has 1 heterocycles. The number of thiophene rings is 1. The fraction of sp³-hybridized carbons (Fsp3) is 0.500. The van der Waals surface area contributed by atoms with Crippen LogP contribution in [0.25, 0.3) is 0 Å². The molecule has 0 fully saturated rings. The summed E-state index contributed by atoms with van der Waals surface area (Å²) in [5.41, 5.74) is 0.297. The van der Waals surface area contributed by atoms with Gasteiger partial charge in [0, 0.05) is 11.3 Å². The van der Waals surface area contributed by atoms with E-state index in [0.717, 1.165) is 4.88 Å². The van der Waals surface area contributed by atoms with E-state index in [2.05, 4.69) is 10.6 Å². The molecule has 0 bridgehead atoms. The van der Waals surface area contributed by atoms with Gasteiger partial charge in [-0.3, -0.25) is 9.59 Å². The Morgan fingerprint density at radius 1 is 1.33 bits per heavy atom. The molecule has 116 valence electrons. The molecule has 1 atom stereocenters. The first-order valence-corrected chi connectivity index (χ1v) is 7.51. The lowest BCUT2D eigenvalue weighted by Crippen LogP contribution is -2.44. The lowest BCUT2D eigenvalue weighted by atomic mass is 10.0. The van der Waals surface area contributed by atoms with Gasteiger partial charge in [-0.1, -0.05) is 20.8 Å². The van der Waals surface area contributed by atoms with Gasteiger partial charge in [0.25, 0.3) is 5.91 Å². The van der Waals surface area contributed by atoms with E-state index in [1.807, 2.05) is 6.92 Å². The van der Waals surface area contributed by atoms with Crippen molar-refractivity contribution < 1.29 is 19.5 Å². The minimum atomic E-state index is -1.08. The van der Waals surface area contributed by atoms with E-state index in [1.54, 1.807) is 26.8 Å². The zero-order chi connectivity index (χ0) is 16.2. The number of aliphatic carboxylic acids is 1. The Hall–Kier alpha value is -1.89. The van der Waals surface area contributed by atoms with E-state index in [1.165, 1.54) is 11.3 Å². The summed E-state index contributed by atoms with van der Waals surface area (Å²) < 4.78 is 0. The molecule has 0 aliphatic heterocycles. The van der Waals surface area contributed by atoms with Crippen molar-refractivity contribution in [3.63, 3.8) is 0 Å². The summed E-state index contributed by atoms with van der Waals surface area (Å²) >= 11 is 1.29. The average Bonchev–Trinajstić information content (AvgIpc) is 2.75. The second-order valence-corrected chi connectivity index (χ2v) is 6.29. The maximum absolute atomic E-state index is 12.2. The van der Waals surface area contributed by atoms with Crippen LogP contribution >= 0.6 is 11.3 Å². The number of rotatable bonds is 6. The first-order valence-electron chi connectivity index (χ1n) is 6.70. The summed E-state index contributed by atoms with van der Waals surface area (Å²) in [7, 11) is 0. The van der Waals surface area contributed by atoms with Crippen LogP contribution in [0.15, 0.2) is 6.07 Å². The lowest BCUT2D eigenvalue weighted by Gasteiger charge is -2.18. The first kappa shape index (κ1) is 17.2. The smallest absolute Gasteiger partial charge is 0.326 e. The van der Waals surface area contributed by atoms with Gasteiger partial charge in [-0.15, -0.1) is 11.3 Å². The Balaban J connectivity index is 2.96. The van der Waals surface area contributed by atoms with E-state index in [0.29, 0.717) is 17.0 Å². The van der Waals surface area contributed by atoms with E-state index < -0.39 is 17.9 Å². The van der Waals surface area contributed by atoms with E-state index in [9.17, 15) is 14.4 Å². The molecule has 0 saturated carbocycles. The van der Waals surface area contributed by atoms with Crippen LogP contribution in [0.2, 0.25) is 0 Å². The number of carbonyl (C=O) groups excluding carboxylic acids is 2. The van der Waals surface area contributed by atoms with Crippen LogP contribution in [0.5, 0.6) is 0 Å². The molecule has 0 aromatic carbocycles. The maximum atomic E-state index is 12.2. The van der Waals surface area contributed by atoms with Crippen LogP contribution in [0, 0.1) is 12.8 Å². The molecule has 0 spiro atoms. The number of aryl methyl sites for hydroxylation is 1. The summed E-state index contributed by atoms with van der Waals surface area (Å²) in [5, 5.41) is 14.7. The van der Waals surface area contributed by atoms with Crippen molar-refractivity contribution in [2.45, 2.75) is 40.2 Å². The summed E-state index contributed by atoms with van der Waals surface area (Å²) in [5.74, 6) is -2.00.